The van der Waals surface area contributed by atoms with E-state index in [2.05, 4.69) is 5.10 Å². The molecular formula is C8H10N2O4. The molecule has 76 valence electrons. The normalized spacial score (nSPS) is 21.3. The zero-order chi connectivity index (χ0) is 10.1. The number of aromatic nitrogens is 2. The lowest BCUT2D eigenvalue weighted by atomic mass is 10.3. The van der Waals surface area contributed by atoms with Crippen LogP contribution in [0, 0.1) is 0 Å². The Morgan fingerprint density at radius 3 is 3.00 bits per heavy atom. The minimum Gasteiger partial charge on any atom is -0.477 e. The fourth-order valence-electron chi connectivity index (χ4n) is 1.53. The first-order chi connectivity index (χ1) is 6.70. The summed E-state index contributed by atoms with van der Waals surface area (Å²) < 4.78 is 6.43. The summed E-state index contributed by atoms with van der Waals surface area (Å²) in [5.41, 5.74) is -0.718. The van der Waals surface area contributed by atoms with Gasteiger partial charge >= 0.3 is 5.97 Å². The van der Waals surface area contributed by atoms with Gasteiger partial charge in [-0.15, -0.1) is 0 Å². The third kappa shape index (κ3) is 1.33. The van der Waals surface area contributed by atoms with Gasteiger partial charge in [-0.2, -0.15) is 0 Å². The Morgan fingerprint density at radius 1 is 1.71 bits per heavy atom. The van der Waals surface area contributed by atoms with Crippen molar-refractivity contribution in [2.45, 2.75) is 12.5 Å². The van der Waals surface area contributed by atoms with Crippen molar-refractivity contribution in [3.8, 4) is 0 Å². The van der Waals surface area contributed by atoms with Gasteiger partial charge in [-0.05, 0) is 6.42 Å². The van der Waals surface area contributed by atoms with E-state index < -0.39 is 11.5 Å². The van der Waals surface area contributed by atoms with Gasteiger partial charge in [0, 0.05) is 12.8 Å². The molecule has 1 aromatic rings. The van der Waals surface area contributed by atoms with Crippen molar-refractivity contribution < 1.29 is 14.6 Å². The van der Waals surface area contributed by atoms with Gasteiger partial charge in [0.05, 0.1) is 12.6 Å². The smallest absolute Gasteiger partial charge is 0.342 e. The molecule has 2 N–H and O–H groups in total. The van der Waals surface area contributed by atoms with Crippen LogP contribution in [0.1, 0.15) is 22.8 Å². The molecule has 6 nitrogen and oxygen atoms in total. The average Bonchev–Trinajstić information content (AvgIpc) is 2.71. The Bertz CT molecular complexity index is 400. The molecule has 0 amide bonds. The molecule has 1 aromatic heterocycles. The summed E-state index contributed by atoms with van der Waals surface area (Å²) in [6.45, 7) is 1.07. The molecule has 0 spiro atoms. The van der Waals surface area contributed by atoms with E-state index >= 15 is 0 Å². The lowest BCUT2D eigenvalue weighted by Gasteiger charge is -2.06. The summed E-state index contributed by atoms with van der Waals surface area (Å²) in [4.78, 5) is 22.1. The van der Waals surface area contributed by atoms with Gasteiger partial charge in [0.2, 0.25) is 0 Å². The summed E-state index contributed by atoms with van der Waals surface area (Å²) in [7, 11) is 0. The Hall–Kier alpha value is -1.56. The molecule has 0 radical (unpaired) electrons. The van der Waals surface area contributed by atoms with Gasteiger partial charge in [-0.1, -0.05) is 0 Å². The maximum atomic E-state index is 11.5. The molecule has 1 saturated heterocycles. The first-order valence-corrected chi connectivity index (χ1v) is 4.31. The van der Waals surface area contributed by atoms with Crippen molar-refractivity contribution >= 4 is 5.97 Å². The standard InChI is InChI=1S/C8H10N2O4/c11-7-6(8(12)13)3-9-10(7)5-1-2-14-4-5/h3,5,9H,1-2,4H2,(H,12,13). The van der Waals surface area contributed by atoms with Gasteiger partial charge in [0.25, 0.3) is 5.56 Å². The van der Waals surface area contributed by atoms with Gasteiger partial charge in [-0.3, -0.25) is 4.79 Å². The summed E-state index contributed by atoms with van der Waals surface area (Å²) >= 11 is 0. The highest BCUT2D eigenvalue weighted by atomic mass is 16.5. The minimum atomic E-state index is -1.20. The molecule has 6 heteroatoms. The second kappa shape index (κ2) is 3.30. The second-order valence-corrected chi connectivity index (χ2v) is 3.18. The van der Waals surface area contributed by atoms with E-state index in [1.807, 2.05) is 0 Å². The first kappa shape index (κ1) is 9.01. The molecule has 0 bridgehead atoms. The lowest BCUT2D eigenvalue weighted by molar-refractivity contribution is 0.0695. The molecule has 1 fully saturated rings. The van der Waals surface area contributed by atoms with Crippen molar-refractivity contribution in [3.63, 3.8) is 0 Å². The quantitative estimate of drug-likeness (QED) is 0.691. The summed E-state index contributed by atoms with van der Waals surface area (Å²) in [6, 6.07) is -0.0596. The van der Waals surface area contributed by atoms with Gasteiger partial charge in [0.1, 0.15) is 5.56 Å². The fourth-order valence-corrected chi connectivity index (χ4v) is 1.53. The fraction of sp³-hybridized carbons (Fsp3) is 0.500. The largest absolute Gasteiger partial charge is 0.477 e. The molecule has 1 aliphatic heterocycles. The molecule has 2 rings (SSSR count). The van der Waals surface area contributed by atoms with E-state index in [1.54, 1.807) is 0 Å². The van der Waals surface area contributed by atoms with Crippen LogP contribution in [0.5, 0.6) is 0 Å². The molecule has 1 atom stereocenters. The van der Waals surface area contributed by atoms with Gasteiger partial charge in [0.15, 0.2) is 0 Å². The number of carboxylic acids is 1. The number of carboxylic acid groups (broad SMARTS) is 1. The predicted octanol–water partition coefficient (Wildman–Crippen LogP) is -0.164. The van der Waals surface area contributed by atoms with Crippen LogP contribution < -0.4 is 5.56 Å². The van der Waals surface area contributed by atoms with E-state index in [-0.39, 0.29) is 11.6 Å². The summed E-state index contributed by atoms with van der Waals surface area (Å²) in [6.07, 6.45) is 1.95. The van der Waals surface area contributed by atoms with Gasteiger partial charge in [-0.25, -0.2) is 9.48 Å². The molecular weight excluding hydrogens is 188 g/mol. The van der Waals surface area contributed by atoms with Crippen LogP contribution in [-0.2, 0) is 4.74 Å². The number of carbonyl (C=O) groups is 1. The molecule has 0 saturated carbocycles. The highest BCUT2D eigenvalue weighted by Crippen LogP contribution is 2.15. The first-order valence-electron chi connectivity index (χ1n) is 4.31. The van der Waals surface area contributed by atoms with Crippen molar-refractivity contribution in [2.75, 3.05) is 13.2 Å². The number of rotatable bonds is 2. The molecule has 0 aromatic carbocycles. The molecule has 14 heavy (non-hydrogen) atoms. The number of hydrogen-bond acceptors (Lipinski definition) is 3. The van der Waals surface area contributed by atoms with Crippen LogP contribution in [0.2, 0.25) is 0 Å². The number of nitrogens with zero attached hydrogens (tertiary/aromatic N) is 1. The van der Waals surface area contributed by atoms with Crippen molar-refractivity contribution in [1.82, 2.24) is 9.78 Å². The van der Waals surface area contributed by atoms with E-state index in [9.17, 15) is 9.59 Å². The SMILES string of the molecule is O=C(O)c1c[nH]n(C2CCOC2)c1=O. The predicted molar refractivity (Wildman–Crippen MR) is 46.5 cm³/mol. The van der Waals surface area contributed by atoms with Crippen LogP contribution in [0.3, 0.4) is 0 Å². The highest BCUT2D eigenvalue weighted by Gasteiger charge is 2.22. The van der Waals surface area contributed by atoms with E-state index in [4.69, 9.17) is 9.84 Å². The van der Waals surface area contributed by atoms with Crippen LogP contribution in [0.25, 0.3) is 0 Å². The second-order valence-electron chi connectivity index (χ2n) is 3.18. The zero-order valence-electron chi connectivity index (χ0n) is 7.40. The van der Waals surface area contributed by atoms with Crippen LogP contribution in [0.4, 0.5) is 0 Å². The maximum absolute atomic E-state index is 11.5. The maximum Gasteiger partial charge on any atom is 0.342 e. The van der Waals surface area contributed by atoms with Crippen LogP contribution in [0.15, 0.2) is 11.0 Å². The molecule has 0 aliphatic carbocycles. The van der Waals surface area contributed by atoms with E-state index in [1.165, 1.54) is 10.9 Å². The number of aromatic amines is 1. The number of nitrogens with one attached hydrogen (secondary N) is 1. The number of ether oxygens (including phenoxy) is 1. The average molecular weight is 198 g/mol. The van der Waals surface area contributed by atoms with Crippen molar-refractivity contribution in [2.24, 2.45) is 0 Å². The summed E-state index contributed by atoms with van der Waals surface area (Å²) in [5, 5.41) is 11.3. The number of hydrogen-bond donors (Lipinski definition) is 2. The van der Waals surface area contributed by atoms with E-state index in [0.29, 0.717) is 13.2 Å². The topological polar surface area (TPSA) is 84.3 Å². The number of H-pyrrole nitrogens is 1. The van der Waals surface area contributed by atoms with Gasteiger partial charge < -0.3 is 14.9 Å². The third-order valence-electron chi connectivity index (χ3n) is 2.30. The highest BCUT2D eigenvalue weighted by molar-refractivity contribution is 5.86. The molecule has 2 heterocycles. The van der Waals surface area contributed by atoms with E-state index in [0.717, 1.165) is 6.42 Å². The van der Waals surface area contributed by atoms with Crippen LogP contribution >= 0.6 is 0 Å². The minimum absolute atomic E-state index is 0.0596. The Labute approximate surface area is 79.1 Å². The van der Waals surface area contributed by atoms with Crippen LogP contribution in [-0.4, -0.2) is 34.1 Å². The zero-order valence-corrected chi connectivity index (χ0v) is 7.40. The Kier molecular flexibility index (Phi) is 2.12. The molecule has 1 aliphatic rings. The monoisotopic (exact) mass is 198 g/mol. The van der Waals surface area contributed by atoms with Crippen molar-refractivity contribution in [3.05, 3.63) is 22.1 Å². The summed E-state index contributed by atoms with van der Waals surface area (Å²) in [5.74, 6) is -1.20. The Balaban J connectivity index is 2.35. The molecule has 1 unspecified atom stereocenters. The third-order valence-corrected chi connectivity index (χ3v) is 2.30. The number of aromatic carboxylic acids is 1. The lowest BCUT2D eigenvalue weighted by Crippen LogP contribution is -2.25. The Morgan fingerprint density at radius 2 is 2.50 bits per heavy atom. The van der Waals surface area contributed by atoms with Crippen molar-refractivity contribution in [1.29, 1.82) is 0 Å².